The number of hydrogen-bond donors (Lipinski definition) is 1. The molecule has 3 aromatic rings. The molecule has 0 atom stereocenters. The fraction of sp³-hybridized carbons (Fsp3) is 0.0769. The van der Waals surface area contributed by atoms with Gasteiger partial charge in [0.25, 0.3) is 0 Å². The van der Waals surface area contributed by atoms with Crippen molar-refractivity contribution in [1.29, 1.82) is 0 Å². The Kier molecular flexibility index (Phi) is 3.35. The highest BCUT2D eigenvalue weighted by molar-refractivity contribution is 9.09. The topological polar surface area (TPSA) is 46.4 Å². The molecule has 0 saturated heterocycles. The van der Waals surface area contributed by atoms with Gasteiger partial charge in [0.15, 0.2) is 4.96 Å². The minimum Gasteiger partial charge on any atom is -0.325 e. The third kappa shape index (κ3) is 2.54. The predicted molar refractivity (Wildman–Crippen MR) is 80.9 cm³/mol. The molecule has 2 aromatic heterocycles. The van der Waals surface area contributed by atoms with Crippen LogP contribution in [0, 0.1) is 0 Å². The molecule has 0 aliphatic heterocycles. The van der Waals surface area contributed by atoms with Gasteiger partial charge >= 0.3 is 0 Å². The minimum absolute atomic E-state index is 0.0599. The van der Waals surface area contributed by atoms with E-state index in [0.29, 0.717) is 5.33 Å². The second kappa shape index (κ2) is 5.14. The number of fused-ring (bicyclic) bond motifs is 1. The molecule has 3 rings (SSSR count). The van der Waals surface area contributed by atoms with Crippen molar-refractivity contribution in [3.05, 3.63) is 42.0 Å². The second-order valence-electron chi connectivity index (χ2n) is 3.98. The Hall–Kier alpha value is -1.66. The summed E-state index contributed by atoms with van der Waals surface area (Å²) in [5, 5.41) is 5.09. The first-order valence-electron chi connectivity index (χ1n) is 5.65. The highest BCUT2D eigenvalue weighted by Gasteiger charge is 2.05. The summed E-state index contributed by atoms with van der Waals surface area (Å²) in [5.41, 5.74) is 2.76. The van der Waals surface area contributed by atoms with Crippen LogP contribution in [0.2, 0.25) is 0 Å². The highest BCUT2D eigenvalue weighted by atomic mass is 79.9. The molecule has 4 nitrogen and oxygen atoms in total. The number of carbonyl (C=O) groups is 1. The SMILES string of the molecule is O=C(CBr)Nc1ccc(-c2cn3ccsc3n2)cc1. The normalized spacial score (nSPS) is 10.8. The summed E-state index contributed by atoms with van der Waals surface area (Å²) in [4.78, 5) is 16.8. The van der Waals surface area contributed by atoms with Crippen LogP contribution in [0.25, 0.3) is 16.2 Å². The first kappa shape index (κ1) is 12.4. The number of hydrogen-bond acceptors (Lipinski definition) is 3. The summed E-state index contributed by atoms with van der Waals surface area (Å²) >= 11 is 4.72. The van der Waals surface area contributed by atoms with E-state index in [1.165, 1.54) is 0 Å². The van der Waals surface area contributed by atoms with Crippen LogP contribution in [0.15, 0.2) is 42.0 Å². The average molecular weight is 336 g/mol. The Morgan fingerprint density at radius 3 is 2.84 bits per heavy atom. The van der Waals surface area contributed by atoms with Gasteiger partial charge in [-0.1, -0.05) is 28.1 Å². The lowest BCUT2D eigenvalue weighted by Gasteiger charge is -2.03. The van der Waals surface area contributed by atoms with E-state index in [1.807, 2.05) is 46.4 Å². The van der Waals surface area contributed by atoms with Crippen LogP contribution < -0.4 is 5.32 Å². The zero-order valence-electron chi connectivity index (χ0n) is 9.84. The van der Waals surface area contributed by atoms with Crippen LogP contribution in [0.5, 0.6) is 0 Å². The van der Waals surface area contributed by atoms with Gasteiger partial charge in [-0.3, -0.25) is 9.20 Å². The van der Waals surface area contributed by atoms with Gasteiger partial charge in [-0.05, 0) is 12.1 Å². The smallest absolute Gasteiger partial charge is 0.235 e. The molecule has 0 bridgehead atoms. The zero-order chi connectivity index (χ0) is 13.2. The largest absolute Gasteiger partial charge is 0.325 e. The molecule has 1 aromatic carbocycles. The number of nitrogens with zero attached hydrogens (tertiary/aromatic N) is 2. The minimum atomic E-state index is -0.0599. The van der Waals surface area contributed by atoms with E-state index >= 15 is 0 Å². The van der Waals surface area contributed by atoms with Gasteiger partial charge in [-0.15, -0.1) is 11.3 Å². The first-order chi connectivity index (χ1) is 9.26. The van der Waals surface area contributed by atoms with E-state index < -0.39 is 0 Å². The Bertz CT molecular complexity index is 688. The van der Waals surface area contributed by atoms with Crippen molar-refractivity contribution in [2.75, 3.05) is 10.6 Å². The summed E-state index contributed by atoms with van der Waals surface area (Å²) in [6.07, 6.45) is 3.99. The van der Waals surface area contributed by atoms with E-state index in [1.54, 1.807) is 11.3 Å². The summed E-state index contributed by atoms with van der Waals surface area (Å²) in [5.74, 6) is -0.0599. The van der Waals surface area contributed by atoms with Gasteiger partial charge in [-0.25, -0.2) is 4.98 Å². The standard InChI is InChI=1S/C13H10BrN3OS/c14-7-12(18)15-10-3-1-9(2-4-10)11-8-17-5-6-19-13(17)16-11/h1-6,8H,7H2,(H,15,18). The summed E-state index contributed by atoms with van der Waals surface area (Å²) < 4.78 is 2.00. The number of alkyl halides is 1. The number of amides is 1. The molecule has 0 unspecified atom stereocenters. The van der Waals surface area contributed by atoms with Crippen LogP contribution >= 0.6 is 27.3 Å². The van der Waals surface area contributed by atoms with Crippen LogP contribution in [0.3, 0.4) is 0 Å². The highest BCUT2D eigenvalue weighted by Crippen LogP contribution is 2.23. The second-order valence-corrected chi connectivity index (χ2v) is 5.41. The molecule has 1 amide bonds. The molecular weight excluding hydrogens is 326 g/mol. The fourth-order valence-electron chi connectivity index (χ4n) is 1.79. The number of anilines is 1. The number of benzene rings is 1. The molecule has 0 saturated carbocycles. The Labute approximate surface area is 122 Å². The molecule has 96 valence electrons. The van der Waals surface area contributed by atoms with Crippen LogP contribution in [0.1, 0.15) is 0 Å². The molecule has 0 radical (unpaired) electrons. The zero-order valence-corrected chi connectivity index (χ0v) is 12.2. The average Bonchev–Trinajstić information content (AvgIpc) is 3.00. The van der Waals surface area contributed by atoms with Crippen molar-refractivity contribution in [3.8, 4) is 11.3 Å². The van der Waals surface area contributed by atoms with E-state index in [2.05, 4.69) is 26.2 Å². The summed E-state index contributed by atoms with van der Waals surface area (Å²) in [7, 11) is 0. The number of nitrogens with one attached hydrogen (secondary N) is 1. The molecule has 0 spiro atoms. The van der Waals surface area contributed by atoms with E-state index in [0.717, 1.165) is 21.9 Å². The quantitative estimate of drug-likeness (QED) is 0.745. The molecule has 6 heteroatoms. The van der Waals surface area contributed by atoms with Crippen molar-refractivity contribution in [2.24, 2.45) is 0 Å². The number of imidazole rings is 1. The third-order valence-corrected chi connectivity index (χ3v) is 3.96. The molecule has 0 aliphatic rings. The Morgan fingerprint density at radius 1 is 1.37 bits per heavy atom. The maximum atomic E-state index is 11.2. The van der Waals surface area contributed by atoms with Gasteiger partial charge in [0.1, 0.15) is 0 Å². The molecule has 1 N–H and O–H groups in total. The molecular formula is C13H10BrN3OS. The maximum Gasteiger partial charge on any atom is 0.235 e. The predicted octanol–water partition coefficient (Wildman–Crippen LogP) is 3.40. The lowest BCUT2D eigenvalue weighted by molar-refractivity contribution is -0.113. The van der Waals surface area contributed by atoms with Crippen molar-refractivity contribution in [1.82, 2.24) is 9.38 Å². The van der Waals surface area contributed by atoms with Gasteiger partial charge in [0.2, 0.25) is 5.91 Å². The number of rotatable bonds is 3. The molecule has 2 heterocycles. The molecule has 19 heavy (non-hydrogen) atoms. The Balaban J connectivity index is 1.85. The van der Waals surface area contributed by atoms with Gasteiger partial charge in [0.05, 0.1) is 11.0 Å². The van der Waals surface area contributed by atoms with Crippen molar-refractivity contribution >= 4 is 43.8 Å². The van der Waals surface area contributed by atoms with Crippen molar-refractivity contribution in [3.63, 3.8) is 0 Å². The monoisotopic (exact) mass is 335 g/mol. The van der Waals surface area contributed by atoms with Gasteiger partial charge < -0.3 is 5.32 Å². The number of thiazole rings is 1. The number of aromatic nitrogens is 2. The Morgan fingerprint density at radius 2 is 2.16 bits per heavy atom. The first-order valence-corrected chi connectivity index (χ1v) is 7.65. The lowest BCUT2D eigenvalue weighted by atomic mass is 10.1. The lowest BCUT2D eigenvalue weighted by Crippen LogP contribution is -2.11. The van der Waals surface area contributed by atoms with E-state index in [4.69, 9.17) is 0 Å². The fourth-order valence-corrected chi connectivity index (χ4v) is 2.63. The van der Waals surface area contributed by atoms with E-state index in [9.17, 15) is 4.79 Å². The van der Waals surface area contributed by atoms with Crippen molar-refractivity contribution in [2.45, 2.75) is 0 Å². The van der Waals surface area contributed by atoms with Crippen molar-refractivity contribution < 1.29 is 4.79 Å². The van der Waals surface area contributed by atoms with E-state index in [-0.39, 0.29) is 5.91 Å². The van der Waals surface area contributed by atoms with Crippen LogP contribution in [-0.4, -0.2) is 20.6 Å². The third-order valence-electron chi connectivity index (χ3n) is 2.68. The molecule has 0 fully saturated rings. The summed E-state index contributed by atoms with van der Waals surface area (Å²) in [6.45, 7) is 0. The van der Waals surface area contributed by atoms with Gasteiger partial charge in [0, 0.05) is 29.0 Å². The number of halogens is 1. The maximum absolute atomic E-state index is 11.2. The number of carbonyl (C=O) groups excluding carboxylic acids is 1. The summed E-state index contributed by atoms with van der Waals surface area (Å²) in [6, 6.07) is 7.67. The van der Waals surface area contributed by atoms with Crippen LogP contribution in [-0.2, 0) is 4.79 Å². The van der Waals surface area contributed by atoms with Crippen LogP contribution in [0.4, 0.5) is 5.69 Å². The van der Waals surface area contributed by atoms with Gasteiger partial charge in [-0.2, -0.15) is 0 Å². The molecule has 0 aliphatic carbocycles.